The summed E-state index contributed by atoms with van der Waals surface area (Å²) in [6, 6.07) is 10.1. The second-order valence-electron chi connectivity index (χ2n) is 7.15. The predicted octanol–water partition coefficient (Wildman–Crippen LogP) is 4.09. The molecule has 21 heavy (non-hydrogen) atoms. The van der Waals surface area contributed by atoms with Gasteiger partial charge < -0.3 is 5.32 Å². The molecule has 114 valence electrons. The first-order valence-electron chi connectivity index (χ1n) is 8.54. The van der Waals surface area contributed by atoms with Gasteiger partial charge in [0.05, 0.1) is 6.42 Å². The highest BCUT2D eigenvalue weighted by Crippen LogP contribution is 2.45. The van der Waals surface area contributed by atoms with Crippen molar-refractivity contribution in [1.82, 2.24) is 5.32 Å². The second-order valence-corrected chi connectivity index (χ2v) is 7.15. The Balaban J connectivity index is 1.65. The van der Waals surface area contributed by atoms with Gasteiger partial charge in [0.25, 0.3) is 0 Å². The van der Waals surface area contributed by atoms with Crippen molar-refractivity contribution in [2.45, 2.75) is 63.8 Å². The van der Waals surface area contributed by atoms with E-state index in [2.05, 4.69) is 12.2 Å². The lowest BCUT2D eigenvalue weighted by atomic mass is 9.64. The van der Waals surface area contributed by atoms with E-state index in [9.17, 15) is 4.79 Å². The fourth-order valence-electron chi connectivity index (χ4n) is 4.56. The molecular formula is C19H27NO. The third-order valence-electron chi connectivity index (χ3n) is 5.54. The first-order valence-corrected chi connectivity index (χ1v) is 8.54. The van der Waals surface area contributed by atoms with Gasteiger partial charge in [-0.3, -0.25) is 4.79 Å². The first kappa shape index (κ1) is 14.6. The fourth-order valence-corrected chi connectivity index (χ4v) is 4.56. The Morgan fingerprint density at radius 2 is 1.86 bits per heavy atom. The molecular weight excluding hydrogens is 258 g/mol. The summed E-state index contributed by atoms with van der Waals surface area (Å²) in [4.78, 5) is 12.5. The molecule has 1 N–H and O–H groups in total. The van der Waals surface area contributed by atoms with Crippen LogP contribution in [-0.2, 0) is 11.2 Å². The van der Waals surface area contributed by atoms with Crippen LogP contribution in [0.3, 0.4) is 0 Å². The van der Waals surface area contributed by atoms with E-state index in [1.165, 1.54) is 38.5 Å². The second kappa shape index (κ2) is 6.21. The van der Waals surface area contributed by atoms with Gasteiger partial charge in [0, 0.05) is 5.54 Å². The number of rotatable bonds is 4. The van der Waals surface area contributed by atoms with Crippen molar-refractivity contribution in [3.8, 4) is 0 Å². The summed E-state index contributed by atoms with van der Waals surface area (Å²) in [6.07, 6.45) is 9.50. The Morgan fingerprint density at radius 1 is 1.19 bits per heavy atom. The smallest absolute Gasteiger partial charge is 0.224 e. The van der Waals surface area contributed by atoms with Gasteiger partial charge in [-0.25, -0.2) is 0 Å². The quantitative estimate of drug-likeness (QED) is 0.887. The minimum absolute atomic E-state index is 0.0693. The van der Waals surface area contributed by atoms with E-state index in [1.807, 2.05) is 30.3 Å². The van der Waals surface area contributed by atoms with E-state index in [0.29, 0.717) is 6.42 Å². The number of nitrogens with one attached hydrogen (secondary N) is 1. The monoisotopic (exact) mass is 285 g/mol. The molecule has 2 saturated carbocycles. The number of carbonyl (C=O) groups is 1. The van der Waals surface area contributed by atoms with Crippen molar-refractivity contribution in [3.05, 3.63) is 35.9 Å². The van der Waals surface area contributed by atoms with Gasteiger partial charge in [0.2, 0.25) is 5.91 Å². The van der Waals surface area contributed by atoms with Gasteiger partial charge in [-0.15, -0.1) is 0 Å². The van der Waals surface area contributed by atoms with Crippen LogP contribution in [0.5, 0.6) is 0 Å². The number of benzene rings is 1. The summed E-state index contributed by atoms with van der Waals surface area (Å²) in [6.45, 7) is 2.24. The van der Waals surface area contributed by atoms with Crippen LogP contribution in [0.15, 0.2) is 30.3 Å². The zero-order chi connectivity index (χ0) is 14.7. The maximum Gasteiger partial charge on any atom is 0.224 e. The number of hydrogen-bond acceptors (Lipinski definition) is 1. The molecule has 2 atom stereocenters. The summed E-state index contributed by atoms with van der Waals surface area (Å²) in [5.74, 6) is 1.88. The lowest BCUT2D eigenvalue weighted by Crippen LogP contribution is -2.54. The van der Waals surface area contributed by atoms with Crippen molar-refractivity contribution in [2.75, 3.05) is 0 Å². The average molecular weight is 285 g/mol. The Hall–Kier alpha value is -1.31. The standard InChI is InChI=1S/C19H27NO/c1-2-19(13-16-9-6-10-17(11-16)14-19)20-18(21)12-15-7-4-3-5-8-15/h3-5,7-8,16-17H,2,6,9-14H2,1H3,(H,20,21). The molecule has 2 nitrogen and oxygen atoms in total. The molecule has 0 aromatic heterocycles. The van der Waals surface area contributed by atoms with Gasteiger partial charge >= 0.3 is 0 Å². The van der Waals surface area contributed by atoms with E-state index in [-0.39, 0.29) is 11.4 Å². The average Bonchev–Trinajstić information content (AvgIpc) is 2.47. The van der Waals surface area contributed by atoms with E-state index in [4.69, 9.17) is 0 Å². The molecule has 0 aliphatic heterocycles. The molecule has 1 aromatic carbocycles. The molecule has 2 bridgehead atoms. The summed E-state index contributed by atoms with van der Waals surface area (Å²) < 4.78 is 0. The minimum atomic E-state index is 0.0693. The van der Waals surface area contributed by atoms with Crippen molar-refractivity contribution < 1.29 is 4.79 Å². The minimum Gasteiger partial charge on any atom is -0.350 e. The zero-order valence-corrected chi connectivity index (χ0v) is 13.1. The Kier molecular flexibility index (Phi) is 4.32. The maximum atomic E-state index is 12.5. The molecule has 2 aliphatic rings. The van der Waals surface area contributed by atoms with Crippen LogP contribution in [0.1, 0.15) is 57.4 Å². The first-order chi connectivity index (χ1) is 10.2. The fraction of sp³-hybridized carbons (Fsp3) is 0.632. The van der Waals surface area contributed by atoms with Crippen molar-refractivity contribution in [3.63, 3.8) is 0 Å². The van der Waals surface area contributed by atoms with Crippen LogP contribution < -0.4 is 5.32 Å². The third kappa shape index (κ3) is 3.48. The highest BCUT2D eigenvalue weighted by atomic mass is 16.1. The molecule has 2 fully saturated rings. The predicted molar refractivity (Wildman–Crippen MR) is 86.0 cm³/mol. The normalized spacial score (nSPS) is 31.7. The number of hydrogen-bond donors (Lipinski definition) is 1. The van der Waals surface area contributed by atoms with Crippen molar-refractivity contribution >= 4 is 5.91 Å². The van der Waals surface area contributed by atoms with Gasteiger partial charge in [-0.2, -0.15) is 0 Å². The van der Waals surface area contributed by atoms with Crippen molar-refractivity contribution in [1.29, 1.82) is 0 Å². The zero-order valence-electron chi connectivity index (χ0n) is 13.1. The Labute approximate surface area is 128 Å². The largest absolute Gasteiger partial charge is 0.350 e. The van der Waals surface area contributed by atoms with Crippen molar-refractivity contribution in [2.24, 2.45) is 11.8 Å². The highest BCUT2D eigenvalue weighted by Gasteiger charge is 2.41. The lowest BCUT2D eigenvalue weighted by molar-refractivity contribution is -0.123. The third-order valence-corrected chi connectivity index (χ3v) is 5.54. The van der Waals surface area contributed by atoms with Crippen LogP contribution in [0.2, 0.25) is 0 Å². The van der Waals surface area contributed by atoms with E-state index in [1.54, 1.807) is 0 Å². The molecule has 0 heterocycles. The number of carbonyl (C=O) groups excluding carboxylic acids is 1. The summed E-state index contributed by atoms with van der Waals surface area (Å²) in [5.41, 5.74) is 1.18. The molecule has 0 radical (unpaired) electrons. The van der Waals surface area contributed by atoms with Crippen LogP contribution in [-0.4, -0.2) is 11.4 Å². The molecule has 0 spiro atoms. The van der Waals surface area contributed by atoms with Crippen LogP contribution >= 0.6 is 0 Å². The summed E-state index contributed by atoms with van der Waals surface area (Å²) >= 11 is 0. The molecule has 3 rings (SSSR count). The number of fused-ring (bicyclic) bond motifs is 2. The summed E-state index contributed by atoms with van der Waals surface area (Å²) in [5, 5.41) is 3.42. The Morgan fingerprint density at radius 3 is 2.48 bits per heavy atom. The van der Waals surface area contributed by atoms with E-state index in [0.717, 1.165) is 23.8 Å². The highest BCUT2D eigenvalue weighted by molar-refractivity contribution is 5.79. The number of amides is 1. The van der Waals surface area contributed by atoms with Gasteiger partial charge in [0.1, 0.15) is 0 Å². The molecule has 1 aromatic rings. The molecule has 2 aliphatic carbocycles. The van der Waals surface area contributed by atoms with Gasteiger partial charge in [-0.05, 0) is 43.1 Å². The van der Waals surface area contributed by atoms with E-state index >= 15 is 0 Å². The molecule has 2 heteroatoms. The lowest BCUT2D eigenvalue weighted by Gasteiger charge is -2.47. The van der Waals surface area contributed by atoms with Crippen LogP contribution in [0.4, 0.5) is 0 Å². The molecule has 0 saturated heterocycles. The van der Waals surface area contributed by atoms with Crippen LogP contribution in [0.25, 0.3) is 0 Å². The molecule has 2 unspecified atom stereocenters. The maximum absolute atomic E-state index is 12.5. The summed E-state index contributed by atoms with van der Waals surface area (Å²) in [7, 11) is 0. The van der Waals surface area contributed by atoms with Gasteiger partial charge in [-0.1, -0.05) is 56.5 Å². The SMILES string of the molecule is CCC1(NC(=O)Cc2ccccc2)CC2CCCC(C2)C1. The Bertz CT molecular complexity index is 470. The van der Waals surface area contributed by atoms with Crippen LogP contribution in [0, 0.1) is 11.8 Å². The van der Waals surface area contributed by atoms with E-state index < -0.39 is 0 Å². The molecule has 1 amide bonds. The van der Waals surface area contributed by atoms with Gasteiger partial charge in [0.15, 0.2) is 0 Å². The topological polar surface area (TPSA) is 29.1 Å².